The second-order valence-corrected chi connectivity index (χ2v) is 2.55. The van der Waals surface area contributed by atoms with E-state index >= 15 is 0 Å². The summed E-state index contributed by atoms with van der Waals surface area (Å²) < 4.78 is 0. The molecule has 0 spiro atoms. The van der Waals surface area contributed by atoms with Crippen LogP contribution >= 0.6 is 11.8 Å². The van der Waals surface area contributed by atoms with Crippen LogP contribution in [0.15, 0.2) is 11.5 Å². The van der Waals surface area contributed by atoms with Crippen molar-refractivity contribution in [2.75, 3.05) is 0 Å². The van der Waals surface area contributed by atoms with Crippen molar-refractivity contribution in [2.24, 2.45) is 5.92 Å². The van der Waals surface area contributed by atoms with E-state index in [2.05, 4.69) is 0 Å². The first-order valence-electron chi connectivity index (χ1n) is 2.22. The summed E-state index contributed by atoms with van der Waals surface area (Å²) in [5.74, 6) is 0.380. The maximum atomic E-state index is 7.16. The summed E-state index contributed by atoms with van der Waals surface area (Å²) in [6.45, 7) is 2.03. The van der Waals surface area contributed by atoms with Gasteiger partial charge in [0, 0.05) is 5.92 Å². The van der Waals surface area contributed by atoms with Crippen LogP contribution in [-0.4, -0.2) is 5.04 Å². The van der Waals surface area contributed by atoms with Crippen molar-refractivity contribution in [3.8, 4) is 0 Å². The van der Waals surface area contributed by atoms with Gasteiger partial charge in [-0.1, -0.05) is 24.8 Å². The third kappa shape index (κ3) is 0.855. The SMILES string of the molecule is CC1C=CSC1=N. The maximum absolute atomic E-state index is 7.16. The van der Waals surface area contributed by atoms with Gasteiger partial charge in [0.2, 0.25) is 0 Å². The summed E-state index contributed by atoms with van der Waals surface area (Å²) in [5.41, 5.74) is 0. The topological polar surface area (TPSA) is 23.9 Å². The van der Waals surface area contributed by atoms with Crippen LogP contribution in [0.4, 0.5) is 0 Å². The van der Waals surface area contributed by atoms with E-state index in [1.165, 1.54) is 11.8 Å². The Bertz CT molecular complexity index is 117. The van der Waals surface area contributed by atoms with Crippen molar-refractivity contribution in [1.29, 1.82) is 5.41 Å². The number of hydrogen-bond donors (Lipinski definition) is 1. The Labute approximate surface area is 47.3 Å². The largest absolute Gasteiger partial charge is 0.297 e. The van der Waals surface area contributed by atoms with Gasteiger partial charge >= 0.3 is 0 Å². The van der Waals surface area contributed by atoms with Gasteiger partial charge < -0.3 is 0 Å². The highest BCUT2D eigenvalue weighted by molar-refractivity contribution is 8.16. The van der Waals surface area contributed by atoms with E-state index < -0.39 is 0 Å². The Hall–Kier alpha value is -0.240. The molecule has 1 heterocycles. The molecule has 0 saturated heterocycles. The van der Waals surface area contributed by atoms with E-state index in [0.717, 1.165) is 5.04 Å². The molecule has 7 heavy (non-hydrogen) atoms. The molecule has 1 aliphatic heterocycles. The standard InChI is InChI=1S/C5H7NS/c1-4-2-3-7-5(4)6/h2-4,6H,1H3. The lowest BCUT2D eigenvalue weighted by Gasteiger charge is -1.93. The number of thioether (sulfide) groups is 1. The fraction of sp³-hybridized carbons (Fsp3) is 0.400. The lowest BCUT2D eigenvalue weighted by molar-refractivity contribution is 1.02. The molecular formula is C5H7NS. The molecule has 1 unspecified atom stereocenters. The predicted octanol–water partition coefficient (Wildman–Crippen LogP) is 1.86. The van der Waals surface area contributed by atoms with Crippen molar-refractivity contribution >= 4 is 16.8 Å². The summed E-state index contributed by atoms with van der Waals surface area (Å²) in [6.07, 6.45) is 2.03. The molecule has 1 nitrogen and oxygen atoms in total. The van der Waals surface area contributed by atoms with E-state index in [1.54, 1.807) is 0 Å². The number of nitrogens with one attached hydrogen (secondary N) is 1. The number of rotatable bonds is 0. The summed E-state index contributed by atoms with van der Waals surface area (Å²) in [7, 11) is 0. The first-order valence-corrected chi connectivity index (χ1v) is 3.10. The quantitative estimate of drug-likeness (QED) is 0.509. The van der Waals surface area contributed by atoms with Gasteiger partial charge in [0.1, 0.15) is 0 Å². The van der Waals surface area contributed by atoms with E-state index in [0.29, 0.717) is 5.92 Å². The van der Waals surface area contributed by atoms with Crippen LogP contribution < -0.4 is 0 Å². The summed E-state index contributed by atoms with van der Waals surface area (Å²) in [6, 6.07) is 0. The zero-order chi connectivity index (χ0) is 5.28. The molecule has 0 radical (unpaired) electrons. The smallest absolute Gasteiger partial charge is 0.0749 e. The molecule has 1 rings (SSSR count). The summed E-state index contributed by atoms with van der Waals surface area (Å²) in [4.78, 5) is 0. The van der Waals surface area contributed by atoms with Crippen molar-refractivity contribution in [3.63, 3.8) is 0 Å². The summed E-state index contributed by atoms with van der Waals surface area (Å²) >= 11 is 1.51. The molecule has 0 bridgehead atoms. The number of hydrogen-bond acceptors (Lipinski definition) is 2. The van der Waals surface area contributed by atoms with E-state index in [1.807, 2.05) is 18.4 Å². The van der Waals surface area contributed by atoms with Gasteiger partial charge in [0.05, 0.1) is 5.04 Å². The lowest BCUT2D eigenvalue weighted by Crippen LogP contribution is -1.94. The molecule has 0 aromatic heterocycles. The van der Waals surface area contributed by atoms with Crippen LogP contribution in [0.2, 0.25) is 0 Å². The normalized spacial score (nSPS) is 29.3. The lowest BCUT2D eigenvalue weighted by atomic mass is 10.2. The van der Waals surface area contributed by atoms with Gasteiger partial charge in [-0.05, 0) is 5.41 Å². The third-order valence-electron chi connectivity index (χ3n) is 0.976. The molecule has 2 heteroatoms. The van der Waals surface area contributed by atoms with Gasteiger partial charge in [-0.25, -0.2) is 0 Å². The van der Waals surface area contributed by atoms with Crippen LogP contribution in [0.3, 0.4) is 0 Å². The molecule has 1 N–H and O–H groups in total. The zero-order valence-electron chi connectivity index (χ0n) is 4.14. The van der Waals surface area contributed by atoms with Gasteiger partial charge in [-0.2, -0.15) is 0 Å². The second kappa shape index (κ2) is 1.70. The minimum absolute atomic E-state index is 0.380. The predicted molar refractivity (Wildman–Crippen MR) is 33.6 cm³/mol. The van der Waals surface area contributed by atoms with Crippen molar-refractivity contribution in [3.05, 3.63) is 11.5 Å². The van der Waals surface area contributed by atoms with Gasteiger partial charge in [-0.15, -0.1) is 0 Å². The van der Waals surface area contributed by atoms with Crippen LogP contribution in [0.5, 0.6) is 0 Å². The van der Waals surface area contributed by atoms with Crippen LogP contribution in [0, 0.1) is 11.3 Å². The zero-order valence-corrected chi connectivity index (χ0v) is 4.96. The molecule has 0 aliphatic carbocycles. The van der Waals surface area contributed by atoms with Crippen molar-refractivity contribution in [2.45, 2.75) is 6.92 Å². The Balaban J connectivity index is 2.62. The Kier molecular flexibility index (Phi) is 1.19. The molecule has 0 saturated carbocycles. The highest BCUT2D eigenvalue weighted by Gasteiger charge is 2.08. The van der Waals surface area contributed by atoms with Crippen LogP contribution in [-0.2, 0) is 0 Å². The Morgan fingerprint density at radius 3 is 2.71 bits per heavy atom. The highest BCUT2D eigenvalue weighted by atomic mass is 32.2. The van der Waals surface area contributed by atoms with Gasteiger partial charge in [-0.3, -0.25) is 5.41 Å². The average Bonchev–Trinajstić information content (AvgIpc) is 1.91. The molecular weight excluding hydrogens is 106 g/mol. The molecule has 0 aromatic carbocycles. The number of allylic oxidation sites excluding steroid dienone is 1. The van der Waals surface area contributed by atoms with E-state index in [9.17, 15) is 0 Å². The van der Waals surface area contributed by atoms with E-state index in [-0.39, 0.29) is 0 Å². The average molecular weight is 113 g/mol. The fourth-order valence-corrected chi connectivity index (χ4v) is 1.18. The first kappa shape index (κ1) is 4.91. The van der Waals surface area contributed by atoms with Gasteiger partial charge in [0.15, 0.2) is 0 Å². The highest BCUT2D eigenvalue weighted by Crippen LogP contribution is 2.21. The Morgan fingerprint density at radius 2 is 2.57 bits per heavy atom. The molecule has 0 fully saturated rings. The van der Waals surface area contributed by atoms with Crippen LogP contribution in [0.25, 0.3) is 0 Å². The molecule has 0 aromatic rings. The molecule has 0 amide bonds. The van der Waals surface area contributed by atoms with E-state index in [4.69, 9.17) is 5.41 Å². The molecule has 1 atom stereocenters. The molecule has 38 valence electrons. The second-order valence-electron chi connectivity index (χ2n) is 1.60. The summed E-state index contributed by atoms with van der Waals surface area (Å²) in [5, 5.41) is 9.88. The first-order chi connectivity index (χ1) is 3.30. The fourth-order valence-electron chi connectivity index (χ4n) is 0.425. The Morgan fingerprint density at radius 1 is 1.86 bits per heavy atom. The van der Waals surface area contributed by atoms with Crippen molar-refractivity contribution in [1.82, 2.24) is 0 Å². The third-order valence-corrected chi connectivity index (χ3v) is 1.89. The van der Waals surface area contributed by atoms with Crippen LogP contribution in [0.1, 0.15) is 6.92 Å². The maximum Gasteiger partial charge on any atom is 0.0749 e. The molecule has 1 aliphatic rings. The van der Waals surface area contributed by atoms with Gasteiger partial charge in [0.25, 0.3) is 0 Å². The minimum Gasteiger partial charge on any atom is -0.297 e. The minimum atomic E-state index is 0.380. The van der Waals surface area contributed by atoms with Crippen molar-refractivity contribution < 1.29 is 0 Å². The monoisotopic (exact) mass is 113 g/mol.